The summed E-state index contributed by atoms with van der Waals surface area (Å²) < 4.78 is 5.58. The fraction of sp³-hybridized carbons (Fsp3) is 0.231. The van der Waals surface area contributed by atoms with Crippen molar-refractivity contribution in [2.45, 2.75) is 20.0 Å². The second kappa shape index (κ2) is 6.01. The second-order valence-electron chi connectivity index (χ2n) is 4.23. The maximum atomic E-state index is 5.58. The van der Waals surface area contributed by atoms with E-state index in [0.29, 0.717) is 11.8 Å². The number of nitrogens with two attached hydrogens (primary N) is 1. The normalized spacial score (nSPS) is 10.3. The molecule has 1 heterocycles. The van der Waals surface area contributed by atoms with Gasteiger partial charge in [0.05, 0.1) is 6.10 Å². The minimum Gasteiger partial charge on any atom is -0.491 e. The quantitative estimate of drug-likeness (QED) is 0.564. The van der Waals surface area contributed by atoms with Gasteiger partial charge in [0.1, 0.15) is 11.6 Å². The predicted molar refractivity (Wildman–Crippen MR) is 75.3 cm³/mol. The minimum absolute atomic E-state index is 0.166. The zero-order chi connectivity index (χ0) is 13.7. The van der Waals surface area contributed by atoms with Gasteiger partial charge < -0.3 is 10.1 Å². The average Bonchev–Trinajstić information content (AvgIpc) is 2.41. The molecule has 0 unspecified atom stereocenters. The van der Waals surface area contributed by atoms with Gasteiger partial charge in [0.15, 0.2) is 0 Å². The number of benzene rings is 1. The molecule has 0 aliphatic carbocycles. The van der Waals surface area contributed by atoms with E-state index >= 15 is 0 Å². The fourth-order valence-electron chi connectivity index (χ4n) is 1.53. The highest BCUT2D eigenvalue weighted by Crippen LogP contribution is 2.19. The molecule has 0 aliphatic rings. The van der Waals surface area contributed by atoms with Crippen molar-refractivity contribution in [2.75, 3.05) is 10.7 Å². The molecule has 0 bridgehead atoms. The number of nitrogens with one attached hydrogen (secondary N) is 2. The minimum atomic E-state index is 0.166. The maximum Gasteiger partial charge on any atom is 0.239 e. The number of nitrogen functional groups attached to an aromatic ring is 1. The fourth-order valence-corrected chi connectivity index (χ4v) is 1.53. The van der Waals surface area contributed by atoms with Gasteiger partial charge in [0.2, 0.25) is 5.95 Å². The highest BCUT2D eigenvalue weighted by molar-refractivity contribution is 5.57. The first-order chi connectivity index (χ1) is 9.17. The summed E-state index contributed by atoms with van der Waals surface area (Å²) in [5, 5.41) is 3.16. The summed E-state index contributed by atoms with van der Waals surface area (Å²) in [6.45, 7) is 3.99. The van der Waals surface area contributed by atoms with Crippen LogP contribution in [0.5, 0.6) is 5.75 Å². The topological polar surface area (TPSA) is 85.1 Å². The lowest BCUT2D eigenvalue weighted by atomic mass is 10.3. The van der Waals surface area contributed by atoms with Gasteiger partial charge in [-0.15, -0.1) is 0 Å². The predicted octanol–water partition coefficient (Wildman–Crippen LogP) is 2.29. The Morgan fingerprint density at radius 1 is 1.16 bits per heavy atom. The summed E-state index contributed by atoms with van der Waals surface area (Å²) >= 11 is 0. The van der Waals surface area contributed by atoms with E-state index in [2.05, 4.69) is 20.7 Å². The number of nitrogens with zero attached hydrogens (tertiary/aromatic N) is 2. The van der Waals surface area contributed by atoms with E-state index in [-0.39, 0.29) is 6.10 Å². The number of anilines is 3. The van der Waals surface area contributed by atoms with Gasteiger partial charge in [-0.2, -0.15) is 4.98 Å². The van der Waals surface area contributed by atoms with Crippen LogP contribution in [0.25, 0.3) is 0 Å². The molecule has 100 valence electrons. The molecule has 0 aliphatic heterocycles. The Labute approximate surface area is 112 Å². The van der Waals surface area contributed by atoms with Crippen molar-refractivity contribution >= 4 is 17.5 Å². The molecule has 0 atom stereocenters. The smallest absolute Gasteiger partial charge is 0.239 e. The van der Waals surface area contributed by atoms with Crippen LogP contribution in [0.2, 0.25) is 0 Å². The van der Waals surface area contributed by atoms with Crippen LogP contribution >= 0.6 is 0 Å². The van der Waals surface area contributed by atoms with Crippen molar-refractivity contribution in [3.63, 3.8) is 0 Å². The van der Waals surface area contributed by atoms with Crippen LogP contribution in [0.15, 0.2) is 36.5 Å². The molecule has 0 fully saturated rings. The zero-order valence-corrected chi connectivity index (χ0v) is 10.9. The Morgan fingerprint density at radius 2 is 1.89 bits per heavy atom. The summed E-state index contributed by atoms with van der Waals surface area (Å²) in [4.78, 5) is 8.11. The first-order valence-electron chi connectivity index (χ1n) is 6.01. The number of ether oxygens (including phenoxy) is 1. The molecule has 2 rings (SSSR count). The summed E-state index contributed by atoms with van der Waals surface area (Å²) in [5.74, 6) is 7.13. The van der Waals surface area contributed by atoms with Gasteiger partial charge in [-0.05, 0) is 44.2 Å². The summed E-state index contributed by atoms with van der Waals surface area (Å²) in [5.41, 5.74) is 3.32. The monoisotopic (exact) mass is 259 g/mol. The van der Waals surface area contributed by atoms with E-state index in [1.165, 1.54) is 0 Å². The number of hydrazine groups is 1. The van der Waals surface area contributed by atoms with E-state index < -0.39 is 0 Å². The molecule has 0 radical (unpaired) electrons. The van der Waals surface area contributed by atoms with Crippen molar-refractivity contribution in [3.8, 4) is 5.75 Å². The van der Waals surface area contributed by atoms with Crippen molar-refractivity contribution in [2.24, 2.45) is 5.84 Å². The lowest BCUT2D eigenvalue weighted by Gasteiger charge is -2.11. The van der Waals surface area contributed by atoms with Crippen molar-refractivity contribution in [1.82, 2.24) is 9.97 Å². The van der Waals surface area contributed by atoms with Gasteiger partial charge >= 0.3 is 0 Å². The Morgan fingerprint density at radius 3 is 2.53 bits per heavy atom. The molecule has 6 nitrogen and oxygen atoms in total. The van der Waals surface area contributed by atoms with Gasteiger partial charge in [0.25, 0.3) is 0 Å². The van der Waals surface area contributed by atoms with Gasteiger partial charge in [-0.25, -0.2) is 10.8 Å². The first kappa shape index (κ1) is 13.1. The molecule has 1 aromatic heterocycles. The molecule has 0 spiro atoms. The third-order valence-electron chi connectivity index (χ3n) is 2.28. The van der Waals surface area contributed by atoms with Crippen LogP contribution in [0, 0.1) is 0 Å². The Bertz CT molecular complexity index is 527. The van der Waals surface area contributed by atoms with Crippen LogP contribution in [-0.4, -0.2) is 16.1 Å². The van der Waals surface area contributed by atoms with E-state index in [4.69, 9.17) is 10.6 Å². The average molecular weight is 259 g/mol. The van der Waals surface area contributed by atoms with Gasteiger partial charge in [0, 0.05) is 11.9 Å². The summed E-state index contributed by atoms with van der Waals surface area (Å²) in [6.07, 6.45) is 1.79. The second-order valence-corrected chi connectivity index (χ2v) is 4.23. The third-order valence-corrected chi connectivity index (χ3v) is 2.28. The molecule has 19 heavy (non-hydrogen) atoms. The lowest BCUT2D eigenvalue weighted by molar-refractivity contribution is 0.242. The van der Waals surface area contributed by atoms with E-state index in [9.17, 15) is 0 Å². The number of rotatable bonds is 5. The first-order valence-corrected chi connectivity index (χ1v) is 6.01. The van der Waals surface area contributed by atoms with Gasteiger partial charge in [-0.1, -0.05) is 0 Å². The van der Waals surface area contributed by atoms with Crippen LogP contribution in [-0.2, 0) is 0 Å². The Kier molecular flexibility index (Phi) is 4.15. The van der Waals surface area contributed by atoms with Crippen molar-refractivity contribution in [1.29, 1.82) is 0 Å². The molecular weight excluding hydrogens is 242 g/mol. The van der Waals surface area contributed by atoms with E-state index in [1.807, 2.05) is 38.1 Å². The zero-order valence-electron chi connectivity index (χ0n) is 10.9. The van der Waals surface area contributed by atoms with Crippen LogP contribution in [0.1, 0.15) is 13.8 Å². The van der Waals surface area contributed by atoms with Crippen molar-refractivity contribution in [3.05, 3.63) is 36.5 Å². The molecule has 4 N–H and O–H groups in total. The standard InChI is InChI=1S/C13H17N5O/c1-9(2)19-11-5-3-10(4-6-11)16-12-7-8-15-13(17-12)18-14/h3-9H,14H2,1-2H3,(H2,15,16,17,18). The lowest BCUT2D eigenvalue weighted by Crippen LogP contribution is -2.10. The largest absolute Gasteiger partial charge is 0.491 e. The third kappa shape index (κ3) is 3.82. The molecule has 0 amide bonds. The number of hydrogen-bond donors (Lipinski definition) is 3. The highest BCUT2D eigenvalue weighted by atomic mass is 16.5. The molecule has 2 aromatic rings. The van der Waals surface area contributed by atoms with Crippen LogP contribution in [0.3, 0.4) is 0 Å². The number of hydrogen-bond acceptors (Lipinski definition) is 6. The van der Waals surface area contributed by atoms with Gasteiger partial charge in [-0.3, -0.25) is 5.43 Å². The molecule has 0 saturated carbocycles. The molecule has 0 saturated heterocycles. The Balaban J connectivity index is 2.06. The van der Waals surface area contributed by atoms with E-state index in [0.717, 1.165) is 11.4 Å². The van der Waals surface area contributed by atoms with Crippen LogP contribution in [0.4, 0.5) is 17.5 Å². The highest BCUT2D eigenvalue weighted by Gasteiger charge is 2.00. The summed E-state index contributed by atoms with van der Waals surface area (Å²) in [7, 11) is 0. The summed E-state index contributed by atoms with van der Waals surface area (Å²) in [6, 6.07) is 9.43. The van der Waals surface area contributed by atoms with Crippen LogP contribution < -0.4 is 21.3 Å². The van der Waals surface area contributed by atoms with E-state index in [1.54, 1.807) is 12.3 Å². The maximum absolute atomic E-state index is 5.58. The number of aromatic nitrogens is 2. The molecule has 1 aromatic carbocycles. The van der Waals surface area contributed by atoms with Crippen molar-refractivity contribution < 1.29 is 4.74 Å². The molecule has 6 heteroatoms. The molecular formula is C13H17N5O. The SMILES string of the molecule is CC(C)Oc1ccc(Nc2ccnc(NN)n2)cc1. The Hall–Kier alpha value is -2.34.